The predicted octanol–water partition coefficient (Wildman–Crippen LogP) is 3.72. The number of nitrogens with zero attached hydrogens (tertiary/aromatic N) is 1. The number of hydrogen-bond donors (Lipinski definition) is 5. The molecule has 1 aromatic carbocycles. The van der Waals surface area contributed by atoms with E-state index in [0.29, 0.717) is 36.2 Å². The van der Waals surface area contributed by atoms with Gasteiger partial charge in [0.25, 0.3) is 5.91 Å². The molecule has 0 spiro atoms. The van der Waals surface area contributed by atoms with Gasteiger partial charge in [0.05, 0.1) is 11.7 Å². The predicted molar refractivity (Wildman–Crippen MR) is 143 cm³/mol. The number of anilines is 1. The topological polar surface area (TPSA) is 118 Å². The first-order valence-corrected chi connectivity index (χ1v) is 12.3. The number of rotatable bonds is 12. The van der Waals surface area contributed by atoms with Crippen LogP contribution < -0.4 is 10.6 Å². The lowest BCUT2D eigenvalue weighted by Crippen LogP contribution is -2.35. The maximum Gasteiger partial charge on any atom is 0.253 e. The minimum atomic E-state index is -0.387. The molecule has 1 aromatic heterocycles. The monoisotopic (exact) mass is 504 g/mol. The van der Waals surface area contributed by atoms with Crippen molar-refractivity contribution in [2.75, 3.05) is 38.1 Å². The first-order valence-electron chi connectivity index (χ1n) is 12.3. The van der Waals surface area contributed by atoms with Gasteiger partial charge in [-0.3, -0.25) is 9.59 Å². The number of likely N-dealkylation sites (N-methyl/N-ethyl adjacent to an activating group) is 1. The number of H-pyrrole nitrogens is 1. The molecule has 200 valence electrons. The van der Waals surface area contributed by atoms with Crippen molar-refractivity contribution in [3.05, 3.63) is 52.1 Å². The molecule has 0 saturated carbocycles. The fourth-order valence-electron chi connectivity index (χ4n) is 3.73. The smallest absolute Gasteiger partial charge is 0.253 e. The quantitative estimate of drug-likeness (QED) is 0.283. The molecular weight excluding hydrogens is 463 g/mol. The number of halogens is 1. The Bertz CT molecular complexity index is 1010. The number of benzene rings is 1. The molecule has 2 amide bonds. The molecule has 0 aliphatic rings. The van der Waals surface area contributed by atoms with Crippen LogP contribution >= 0.6 is 0 Å². The van der Waals surface area contributed by atoms with Gasteiger partial charge in [-0.2, -0.15) is 0 Å². The molecular formula is C27H41FN4O4. The Hall–Kier alpha value is -3.01. The minimum absolute atomic E-state index is 0.0810. The zero-order chi connectivity index (χ0) is 27.3. The standard InChI is InChI=1S/C23H31FN4O2.C4H10O2/c1-6-28(7-2)11-10-25-23(30)22-16(4)21(27-17(22)5)12-15(3)19-13-18(24)8-9-20(19)26-14-29;1-4(6)2-3-5/h8-9,12-14,27H,6-7,10-11H2,1-5H3,(H,25,30)(H,26,29);4-6H,2-3H2,1H3/b15-12+;. The number of carbonyl (C=O) groups excluding carboxylic acids is 2. The summed E-state index contributed by atoms with van der Waals surface area (Å²) >= 11 is 0. The van der Waals surface area contributed by atoms with E-state index in [1.807, 2.05) is 26.8 Å². The van der Waals surface area contributed by atoms with Gasteiger partial charge in [0, 0.05) is 42.3 Å². The van der Waals surface area contributed by atoms with Gasteiger partial charge < -0.3 is 30.7 Å². The highest BCUT2D eigenvalue weighted by atomic mass is 19.1. The molecule has 1 heterocycles. The summed E-state index contributed by atoms with van der Waals surface area (Å²) in [5.41, 5.74) is 4.87. The number of aryl methyl sites for hydroxylation is 1. The van der Waals surface area contributed by atoms with Crippen LogP contribution in [-0.2, 0) is 4.79 Å². The van der Waals surface area contributed by atoms with E-state index in [0.717, 1.165) is 42.2 Å². The van der Waals surface area contributed by atoms with Gasteiger partial charge in [-0.05, 0) is 82.6 Å². The van der Waals surface area contributed by atoms with E-state index in [4.69, 9.17) is 10.2 Å². The number of amides is 2. The first-order chi connectivity index (χ1) is 17.1. The van der Waals surface area contributed by atoms with Gasteiger partial charge in [0.2, 0.25) is 6.41 Å². The number of carbonyl (C=O) groups is 2. The van der Waals surface area contributed by atoms with E-state index in [-0.39, 0.29) is 24.4 Å². The molecule has 1 atom stereocenters. The maximum absolute atomic E-state index is 13.8. The normalized spacial score (nSPS) is 12.1. The molecule has 0 bridgehead atoms. The van der Waals surface area contributed by atoms with Crippen LogP contribution in [0.1, 0.15) is 67.0 Å². The molecule has 0 aliphatic heterocycles. The van der Waals surface area contributed by atoms with Crippen molar-refractivity contribution in [3.8, 4) is 0 Å². The molecule has 0 fully saturated rings. The summed E-state index contributed by atoms with van der Waals surface area (Å²) in [6.07, 6.45) is 2.56. The van der Waals surface area contributed by atoms with Crippen molar-refractivity contribution in [2.24, 2.45) is 0 Å². The van der Waals surface area contributed by atoms with E-state index >= 15 is 0 Å². The Morgan fingerprint density at radius 1 is 1.25 bits per heavy atom. The fraction of sp³-hybridized carbons (Fsp3) is 0.481. The molecule has 0 saturated heterocycles. The second kappa shape index (κ2) is 15.9. The lowest BCUT2D eigenvalue weighted by Gasteiger charge is -2.18. The summed E-state index contributed by atoms with van der Waals surface area (Å²) in [6.45, 7) is 14.8. The highest BCUT2D eigenvalue weighted by Crippen LogP contribution is 2.28. The van der Waals surface area contributed by atoms with Gasteiger partial charge >= 0.3 is 0 Å². The summed E-state index contributed by atoms with van der Waals surface area (Å²) in [5.74, 6) is -0.498. The van der Waals surface area contributed by atoms with Crippen LogP contribution in [0.25, 0.3) is 11.6 Å². The zero-order valence-corrected chi connectivity index (χ0v) is 22.2. The number of allylic oxidation sites excluding steroid dienone is 1. The number of hydrogen-bond acceptors (Lipinski definition) is 5. The Morgan fingerprint density at radius 2 is 1.92 bits per heavy atom. The van der Waals surface area contributed by atoms with Gasteiger partial charge in [-0.15, -0.1) is 0 Å². The summed E-state index contributed by atoms with van der Waals surface area (Å²) in [4.78, 5) is 29.1. The number of aliphatic hydroxyl groups excluding tert-OH is 2. The van der Waals surface area contributed by atoms with Crippen molar-refractivity contribution in [1.29, 1.82) is 0 Å². The summed E-state index contributed by atoms with van der Waals surface area (Å²) < 4.78 is 13.8. The van der Waals surface area contributed by atoms with E-state index in [1.54, 1.807) is 6.92 Å². The Morgan fingerprint density at radius 3 is 2.44 bits per heavy atom. The highest BCUT2D eigenvalue weighted by Gasteiger charge is 2.18. The molecule has 0 radical (unpaired) electrons. The van der Waals surface area contributed by atoms with Crippen LogP contribution in [0, 0.1) is 19.7 Å². The Kier molecular flexibility index (Phi) is 13.7. The average Bonchev–Trinajstić information content (AvgIpc) is 3.10. The van der Waals surface area contributed by atoms with Crippen molar-refractivity contribution < 1.29 is 24.2 Å². The van der Waals surface area contributed by atoms with E-state index in [9.17, 15) is 14.0 Å². The molecule has 2 aromatic rings. The van der Waals surface area contributed by atoms with Crippen LogP contribution in [0.4, 0.5) is 10.1 Å². The van der Waals surface area contributed by atoms with Crippen LogP contribution in [0.5, 0.6) is 0 Å². The third-order valence-electron chi connectivity index (χ3n) is 5.84. The molecule has 0 aliphatic carbocycles. The third kappa shape index (κ3) is 9.56. The van der Waals surface area contributed by atoms with Crippen molar-refractivity contribution in [1.82, 2.24) is 15.2 Å². The number of nitrogens with one attached hydrogen (secondary N) is 3. The third-order valence-corrected chi connectivity index (χ3v) is 5.84. The minimum Gasteiger partial charge on any atom is -0.396 e. The van der Waals surface area contributed by atoms with Crippen LogP contribution in [-0.4, -0.2) is 71.3 Å². The SMILES string of the molecule is CC(O)CCO.CCN(CC)CCNC(=O)c1c(C)[nH]c(/C=C(\C)c2cc(F)ccc2NC=O)c1C. The Labute approximate surface area is 213 Å². The van der Waals surface area contributed by atoms with Crippen LogP contribution in [0.15, 0.2) is 18.2 Å². The number of aromatic nitrogens is 1. The second-order valence-electron chi connectivity index (χ2n) is 8.59. The second-order valence-corrected chi connectivity index (χ2v) is 8.59. The molecule has 36 heavy (non-hydrogen) atoms. The van der Waals surface area contributed by atoms with Gasteiger partial charge in [-0.25, -0.2) is 4.39 Å². The zero-order valence-electron chi connectivity index (χ0n) is 22.2. The van der Waals surface area contributed by atoms with Gasteiger partial charge in [0.15, 0.2) is 0 Å². The summed E-state index contributed by atoms with van der Waals surface area (Å²) in [5, 5.41) is 22.1. The molecule has 1 unspecified atom stereocenters. The molecule has 5 N–H and O–H groups in total. The van der Waals surface area contributed by atoms with Crippen molar-refractivity contribution in [3.63, 3.8) is 0 Å². The van der Waals surface area contributed by atoms with Crippen LogP contribution in [0.3, 0.4) is 0 Å². The van der Waals surface area contributed by atoms with E-state index in [2.05, 4.69) is 34.4 Å². The Balaban J connectivity index is 0.000000960. The largest absolute Gasteiger partial charge is 0.396 e. The van der Waals surface area contributed by atoms with Gasteiger partial charge in [0.1, 0.15) is 5.82 Å². The fourth-order valence-corrected chi connectivity index (χ4v) is 3.73. The number of aromatic amines is 1. The molecule has 9 heteroatoms. The van der Waals surface area contributed by atoms with Crippen molar-refractivity contribution in [2.45, 2.75) is 54.1 Å². The summed E-state index contributed by atoms with van der Waals surface area (Å²) in [6, 6.07) is 4.20. The number of aliphatic hydroxyl groups is 2. The lowest BCUT2D eigenvalue weighted by molar-refractivity contribution is -0.105. The highest BCUT2D eigenvalue weighted by molar-refractivity contribution is 5.98. The molecule has 2 rings (SSSR count). The first kappa shape index (κ1) is 31.0. The average molecular weight is 505 g/mol. The lowest BCUT2D eigenvalue weighted by atomic mass is 10.0. The maximum atomic E-state index is 13.8. The van der Waals surface area contributed by atoms with E-state index < -0.39 is 0 Å². The summed E-state index contributed by atoms with van der Waals surface area (Å²) in [7, 11) is 0. The van der Waals surface area contributed by atoms with Crippen LogP contribution in [0.2, 0.25) is 0 Å². The molecule has 8 nitrogen and oxygen atoms in total. The van der Waals surface area contributed by atoms with Crippen molar-refractivity contribution >= 4 is 29.7 Å². The van der Waals surface area contributed by atoms with Gasteiger partial charge in [-0.1, -0.05) is 13.8 Å². The van der Waals surface area contributed by atoms with E-state index in [1.165, 1.54) is 18.2 Å².